The van der Waals surface area contributed by atoms with Crippen molar-refractivity contribution in [3.05, 3.63) is 58.6 Å². The van der Waals surface area contributed by atoms with Gasteiger partial charge >= 0.3 is 0 Å². The van der Waals surface area contributed by atoms with Crippen LogP contribution >= 0.6 is 0 Å². The Kier molecular flexibility index (Phi) is 4.60. The van der Waals surface area contributed by atoms with Crippen molar-refractivity contribution >= 4 is 28.2 Å². The molecular weight excluding hydrogens is 406 g/mol. The van der Waals surface area contributed by atoms with Crippen molar-refractivity contribution in [3.8, 4) is 5.75 Å². The smallest absolute Gasteiger partial charge is 0.258 e. The topological polar surface area (TPSA) is 78.5 Å². The van der Waals surface area contributed by atoms with Crippen LogP contribution in [0.15, 0.2) is 47.5 Å². The molecular formula is C22H20F2N4O3. The highest BCUT2D eigenvalue weighted by Crippen LogP contribution is 2.38. The van der Waals surface area contributed by atoms with Gasteiger partial charge in [0.2, 0.25) is 0 Å². The lowest BCUT2D eigenvalue weighted by molar-refractivity contribution is -0.0494. The second-order valence-corrected chi connectivity index (χ2v) is 7.76. The fourth-order valence-electron chi connectivity index (χ4n) is 4.07. The van der Waals surface area contributed by atoms with E-state index in [9.17, 15) is 18.4 Å². The molecule has 0 bridgehead atoms. The van der Waals surface area contributed by atoms with E-state index in [1.165, 1.54) is 11.2 Å². The minimum Gasteiger partial charge on any atom is -0.490 e. The number of hydrogen-bond acceptors (Lipinski definition) is 5. The Balaban J connectivity index is 1.43. The molecule has 9 heteroatoms. The SMILES string of the molecule is O=C(c1ccc2c(c1)OCCN2c1ccc2c(=O)[nH]cnc2c1)N1CCC(F)(F)CC1. The second kappa shape index (κ2) is 7.33. The standard InChI is InChI=1S/C22H20F2N4O3/c23-22(24)5-7-27(8-6-22)21(30)14-1-4-18-19(11-14)31-10-9-28(18)15-2-3-16-17(12-15)25-13-26-20(16)29/h1-4,11-13H,5-10H2,(H,25,26,29). The summed E-state index contributed by atoms with van der Waals surface area (Å²) >= 11 is 0. The van der Waals surface area contributed by atoms with Gasteiger partial charge in [0, 0.05) is 37.2 Å². The molecule has 2 aromatic carbocycles. The van der Waals surface area contributed by atoms with Crippen molar-refractivity contribution in [3.63, 3.8) is 0 Å². The number of rotatable bonds is 2. The Labute approximate surface area is 176 Å². The van der Waals surface area contributed by atoms with Crippen LogP contribution in [0.1, 0.15) is 23.2 Å². The molecule has 160 valence electrons. The Hall–Kier alpha value is -3.49. The predicted molar refractivity (Wildman–Crippen MR) is 111 cm³/mol. The summed E-state index contributed by atoms with van der Waals surface area (Å²) in [4.78, 5) is 35.0. The van der Waals surface area contributed by atoms with E-state index >= 15 is 0 Å². The van der Waals surface area contributed by atoms with Crippen molar-refractivity contribution in [2.45, 2.75) is 18.8 Å². The number of alkyl halides is 2. The Morgan fingerprint density at radius 3 is 2.71 bits per heavy atom. The van der Waals surface area contributed by atoms with E-state index in [1.54, 1.807) is 24.3 Å². The first-order valence-corrected chi connectivity index (χ1v) is 10.1. The zero-order valence-corrected chi connectivity index (χ0v) is 16.6. The molecule has 1 fully saturated rings. The summed E-state index contributed by atoms with van der Waals surface area (Å²) in [5.74, 6) is -2.41. The van der Waals surface area contributed by atoms with Gasteiger partial charge in [0.1, 0.15) is 12.4 Å². The third-order valence-corrected chi connectivity index (χ3v) is 5.79. The highest BCUT2D eigenvalue weighted by Gasteiger charge is 2.36. The van der Waals surface area contributed by atoms with Gasteiger partial charge < -0.3 is 19.5 Å². The molecule has 3 aromatic rings. The summed E-state index contributed by atoms with van der Waals surface area (Å²) in [5.41, 5.74) is 2.45. The fraction of sp³-hybridized carbons (Fsp3) is 0.318. The molecule has 1 amide bonds. The van der Waals surface area contributed by atoms with Crippen molar-refractivity contribution in [2.24, 2.45) is 0 Å². The number of nitrogens with zero attached hydrogens (tertiary/aromatic N) is 3. The monoisotopic (exact) mass is 426 g/mol. The lowest BCUT2D eigenvalue weighted by Crippen LogP contribution is -2.42. The number of nitrogens with one attached hydrogen (secondary N) is 1. The molecule has 2 aliphatic heterocycles. The number of amides is 1. The second-order valence-electron chi connectivity index (χ2n) is 7.76. The molecule has 5 rings (SSSR count). The Morgan fingerprint density at radius 2 is 1.90 bits per heavy atom. The van der Waals surface area contributed by atoms with E-state index in [1.807, 2.05) is 17.0 Å². The zero-order valence-electron chi connectivity index (χ0n) is 16.6. The van der Waals surface area contributed by atoms with Gasteiger partial charge in [0.05, 0.1) is 29.5 Å². The van der Waals surface area contributed by atoms with Gasteiger partial charge in [-0.1, -0.05) is 0 Å². The number of benzene rings is 2. The molecule has 0 saturated carbocycles. The third-order valence-electron chi connectivity index (χ3n) is 5.79. The maximum Gasteiger partial charge on any atom is 0.258 e. The number of likely N-dealkylation sites (tertiary alicyclic amines) is 1. The number of hydrogen-bond donors (Lipinski definition) is 1. The molecule has 0 atom stereocenters. The van der Waals surface area contributed by atoms with E-state index in [0.717, 1.165) is 11.4 Å². The van der Waals surface area contributed by atoms with Gasteiger partial charge in [-0.25, -0.2) is 13.8 Å². The van der Waals surface area contributed by atoms with Crippen LogP contribution in [0.4, 0.5) is 20.2 Å². The Bertz CT molecular complexity index is 1220. The first-order chi connectivity index (χ1) is 14.9. The number of carbonyl (C=O) groups is 1. The van der Waals surface area contributed by atoms with Gasteiger partial charge in [0.15, 0.2) is 0 Å². The molecule has 0 unspecified atom stereocenters. The normalized spacial score (nSPS) is 17.9. The number of ether oxygens (including phenoxy) is 1. The van der Waals surface area contributed by atoms with Crippen LogP contribution in [-0.4, -0.2) is 52.9 Å². The zero-order chi connectivity index (χ0) is 21.6. The summed E-state index contributed by atoms with van der Waals surface area (Å²) < 4.78 is 32.6. The van der Waals surface area contributed by atoms with E-state index in [4.69, 9.17) is 4.74 Å². The van der Waals surface area contributed by atoms with E-state index in [-0.39, 0.29) is 37.4 Å². The number of carbonyl (C=O) groups excluding carboxylic acids is 1. The van der Waals surface area contributed by atoms with Crippen molar-refractivity contribution in [1.82, 2.24) is 14.9 Å². The largest absolute Gasteiger partial charge is 0.490 e. The van der Waals surface area contributed by atoms with Gasteiger partial charge in [-0.05, 0) is 36.4 Å². The molecule has 1 aromatic heterocycles. The summed E-state index contributed by atoms with van der Waals surface area (Å²) in [7, 11) is 0. The van der Waals surface area contributed by atoms with Crippen LogP contribution in [0.3, 0.4) is 0 Å². The molecule has 31 heavy (non-hydrogen) atoms. The maximum absolute atomic E-state index is 13.4. The van der Waals surface area contributed by atoms with Gasteiger partial charge in [-0.3, -0.25) is 9.59 Å². The van der Waals surface area contributed by atoms with Crippen LogP contribution in [0.5, 0.6) is 5.75 Å². The summed E-state index contributed by atoms with van der Waals surface area (Å²) in [5, 5.41) is 0.507. The quantitative estimate of drug-likeness (QED) is 0.680. The van der Waals surface area contributed by atoms with Gasteiger partial charge in [0.25, 0.3) is 17.4 Å². The molecule has 1 saturated heterocycles. The average molecular weight is 426 g/mol. The maximum atomic E-state index is 13.4. The van der Waals surface area contributed by atoms with Crippen LogP contribution in [0, 0.1) is 0 Å². The molecule has 0 spiro atoms. The molecule has 2 aliphatic rings. The highest BCUT2D eigenvalue weighted by molar-refractivity contribution is 5.96. The summed E-state index contributed by atoms with van der Waals surface area (Å²) in [6.07, 6.45) is 0.746. The van der Waals surface area contributed by atoms with Crippen LogP contribution in [0.25, 0.3) is 10.9 Å². The minimum absolute atomic E-state index is 0.0408. The predicted octanol–water partition coefficient (Wildman–Crippen LogP) is 3.32. The number of anilines is 2. The first kappa shape index (κ1) is 19.5. The first-order valence-electron chi connectivity index (χ1n) is 10.1. The van der Waals surface area contributed by atoms with Crippen molar-refractivity contribution < 1.29 is 18.3 Å². The number of H-pyrrole nitrogens is 1. The number of piperidine rings is 1. The molecule has 3 heterocycles. The van der Waals surface area contributed by atoms with E-state index in [2.05, 4.69) is 9.97 Å². The average Bonchev–Trinajstić information content (AvgIpc) is 2.78. The van der Waals surface area contributed by atoms with Crippen LogP contribution in [-0.2, 0) is 0 Å². The fourth-order valence-corrected chi connectivity index (χ4v) is 4.07. The molecule has 1 N–H and O–H groups in total. The van der Waals surface area contributed by atoms with Gasteiger partial charge in [-0.15, -0.1) is 0 Å². The number of halogens is 2. The van der Waals surface area contributed by atoms with Gasteiger partial charge in [-0.2, -0.15) is 0 Å². The molecule has 7 nitrogen and oxygen atoms in total. The molecule has 0 radical (unpaired) electrons. The number of aromatic amines is 1. The van der Waals surface area contributed by atoms with Crippen molar-refractivity contribution in [2.75, 3.05) is 31.1 Å². The highest BCUT2D eigenvalue weighted by atomic mass is 19.3. The lowest BCUT2D eigenvalue weighted by Gasteiger charge is -2.33. The number of fused-ring (bicyclic) bond motifs is 2. The van der Waals surface area contributed by atoms with E-state index in [0.29, 0.717) is 35.4 Å². The summed E-state index contributed by atoms with van der Waals surface area (Å²) in [6.45, 7) is 1.09. The minimum atomic E-state index is -2.70. The summed E-state index contributed by atoms with van der Waals surface area (Å²) in [6, 6.07) is 10.6. The van der Waals surface area contributed by atoms with E-state index < -0.39 is 5.92 Å². The van der Waals surface area contributed by atoms with Crippen LogP contribution in [0.2, 0.25) is 0 Å². The van der Waals surface area contributed by atoms with Crippen molar-refractivity contribution in [1.29, 1.82) is 0 Å². The lowest BCUT2D eigenvalue weighted by atomic mass is 10.0. The number of aromatic nitrogens is 2. The third kappa shape index (κ3) is 3.60. The Morgan fingerprint density at radius 1 is 1.10 bits per heavy atom. The molecule has 0 aliphatic carbocycles. The van der Waals surface area contributed by atoms with Crippen LogP contribution < -0.4 is 15.2 Å².